The first-order chi connectivity index (χ1) is 25.3. The van der Waals surface area contributed by atoms with E-state index in [0.29, 0.717) is 0 Å². The molecule has 0 aliphatic carbocycles. The van der Waals surface area contributed by atoms with Gasteiger partial charge in [0.25, 0.3) is 0 Å². The normalized spacial score (nSPS) is 11.5. The third-order valence-electron chi connectivity index (χ3n) is 9.88. The summed E-state index contributed by atoms with van der Waals surface area (Å²) in [6.07, 6.45) is 0. The van der Waals surface area contributed by atoms with E-state index in [2.05, 4.69) is 187 Å². The first-order valence-electron chi connectivity index (χ1n) is 17.3. The minimum Gasteiger partial charge on any atom is -0.454 e. The van der Waals surface area contributed by atoms with Gasteiger partial charge in [-0.1, -0.05) is 152 Å². The lowest BCUT2D eigenvalue weighted by Gasteiger charge is -2.29. The number of thiophene rings is 1. The number of para-hydroxylation sites is 2. The van der Waals surface area contributed by atoms with Crippen LogP contribution in [0.2, 0.25) is 0 Å². The zero-order valence-electron chi connectivity index (χ0n) is 27.7. The number of hydrogen-bond donors (Lipinski definition) is 0. The zero-order valence-corrected chi connectivity index (χ0v) is 28.5. The number of anilines is 3. The molecule has 10 rings (SSSR count). The summed E-state index contributed by atoms with van der Waals surface area (Å²) in [6.45, 7) is 0. The van der Waals surface area contributed by atoms with Crippen molar-refractivity contribution >= 4 is 70.5 Å². The summed E-state index contributed by atoms with van der Waals surface area (Å²) in [6, 6.07) is 67.3. The number of hydrogen-bond acceptors (Lipinski definition) is 3. The molecule has 0 saturated heterocycles. The van der Waals surface area contributed by atoms with Crippen LogP contribution in [0.1, 0.15) is 0 Å². The van der Waals surface area contributed by atoms with Crippen LogP contribution < -0.4 is 4.90 Å². The number of furan rings is 1. The predicted octanol–water partition coefficient (Wildman–Crippen LogP) is 14.4. The van der Waals surface area contributed by atoms with E-state index < -0.39 is 0 Å². The lowest BCUT2D eigenvalue weighted by Crippen LogP contribution is -2.12. The van der Waals surface area contributed by atoms with Gasteiger partial charge in [0.1, 0.15) is 5.58 Å². The zero-order chi connectivity index (χ0) is 33.7. The smallest absolute Gasteiger partial charge is 0.159 e. The molecule has 3 heteroatoms. The first kappa shape index (κ1) is 29.5. The molecule has 2 heterocycles. The molecule has 8 aromatic carbocycles. The molecule has 2 nitrogen and oxygen atoms in total. The molecule has 0 N–H and O–H groups in total. The van der Waals surface area contributed by atoms with E-state index in [9.17, 15) is 0 Å². The van der Waals surface area contributed by atoms with Gasteiger partial charge in [0.2, 0.25) is 0 Å². The summed E-state index contributed by atoms with van der Waals surface area (Å²) in [5.74, 6) is 0. The highest BCUT2D eigenvalue weighted by molar-refractivity contribution is 7.26. The fourth-order valence-electron chi connectivity index (χ4n) is 7.46. The molecule has 0 aliphatic rings. The number of nitrogens with zero attached hydrogens (tertiary/aromatic N) is 1. The van der Waals surface area contributed by atoms with Crippen LogP contribution in [-0.2, 0) is 0 Å². The van der Waals surface area contributed by atoms with E-state index in [0.717, 1.165) is 39.0 Å². The molecular weight excluding hydrogens is 639 g/mol. The third-order valence-corrected chi connectivity index (χ3v) is 11.1. The second-order valence-electron chi connectivity index (χ2n) is 12.9. The molecule has 51 heavy (non-hydrogen) atoms. The maximum Gasteiger partial charge on any atom is 0.159 e. The number of rotatable bonds is 6. The summed E-state index contributed by atoms with van der Waals surface area (Å²) in [7, 11) is 0. The van der Waals surface area contributed by atoms with E-state index in [-0.39, 0.29) is 0 Å². The van der Waals surface area contributed by atoms with Gasteiger partial charge in [-0.3, -0.25) is 0 Å². The van der Waals surface area contributed by atoms with Crippen molar-refractivity contribution in [1.82, 2.24) is 0 Å². The van der Waals surface area contributed by atoms with Gasteiger partial charge in [0.05, 0.1) is 16.1 Å². The van der Waals surface area contributed by atoms with Crippen LogP contribution in [0.25, 0.3) is 75.5 Å². The van der Waals surface area contributed by atoms with Gasteiger partial charge in [-0.2, -0.15) is 0 Å². The fraction of sp³-hybridized carbons (Fsp3) is 0. The number of fused-ring (bicyclic) bond motifs is 6. The Hall–Kier alpha value is -6.42. The maximum absolute atomic E-state index is 6.73. The van der Waals surface area contributed by atoms with E-state index in [4.69, 9.17) is 4.42 Å². The number of benzene rings is 8. The summed E-state index contributed by atoms with van der Waals surface area (Å²) >= 11 is 1.85. The molecule has 0 aliphatic heterocycles. The van der Waals surface area contributed by atoms with Gasteiger partial charge in [0.15, 0.2) is 5.58 Å². The molecule has 0 bridgehead atoms. The van der Waals surface area contributed by atoms with Gasteiger partial charge >= 0.3 is 0 Å². The SMILES string of the molecule is c1ccc(-c2cccc(-c3ccc(N(c4cccc5c4oc4ccccc45)c4c(-c5ccccc5)ccc5c4sc4ccccc45)cc3)c2)cc1. The molecule has 2 aromatic heterocycles. The molecule has 240 valence electrons. The lowest BCUT2D eigenvalue weighted by molar-refractivity contribution is 0.669. The molecule has 0 saturated carbocycles. The quantitative estimate of drug-likeness (QED) is 0.175. The predicted molar refractivity (Wildman–Crippen MR) is 218 cm³/mol. The van der Waals surface area contributed by atoms with Gasteiger partial charge in [0, 0.05) is 37.5 Å². The van der Waals surface area contributed by atoms with Crippen molar-refractivity contribution in [3.8, 4) is 33.4 Å². The molecule has 0 fully saturated rings. The Balaban J connectivity index is 1.23. The largest absolute Gasteiger partial charge is 0.454 e. The molecular formula is C48H31NOS. The van der Waals surface area contributed by atoms with Gasteiger partial charge in [-0.25, -0.2) is 0 Å². The fourth-order valence-corrected chi connectivity index (χ4v) is 8.70. The average molecular weight is 670 g/mol. The van der Waals surface area contributed by atoms with Crippen LogP contribution in [0.3, 0.4) is 0 Å². The van der Waals surface area contributed by atoms with E-state index in [1.54, 1.807) is 0 Å². The average Bonchev–Trinajstić information content (AvgIpc) is 3.78. The van der Waals surface area contributed by atoms with Crippen LogP contribution in [0.15, 0.2) is 192 Å². The van der Waals surface area contributed by atoms with Gasteiger partial charge < -0.3 is 9.32 Å². The maximum atomic E-state index is 6.73. The Kier molecular flexibility index (Phi) is 7.04. The van der Waals surface area contributed by atoms with Crippen molar-refractivity contribution in [3.63, 3.8) is 0 Å². The van der Waals surface area contributed by atoms with E-state index >= 15 is 0 Å². The van der Waals surface area contributed by atoms with Crippen LogP contribution in [0, 0.1) is 0 Å². The Morgan fingerprint density at radius 3 is 1.80 bits per heavy atom. The summed E-state index contributed by atoms with van der Waals surface area (Å²) in [5, 5.41) is 4.74. The van der Waals surface area contributed by atoms with E-state index in [1.807, 2.05) is 17.4 Å². The van der Waals surface area contributed by atoms with Crippen molar-refractivity contribution in [3.05, 3.63) is 188 Å². The highest BCUT2D eigenvalue weighted by Crippen LogP contribution is 2.51. The topological polar surface area (TPSA) is 16.4 Å². The van der Waals surface area contributed by atoms with Crippen molar-refractivity contribution < 1.29 is 4.42 Å². The van der Waals surface area contributed by atoms with Gasteiger partial charge in [-0.15, -0.1) is 11.3 Å². The summed E-state index contributed by atoms with van der Waals surface area (Å²) in [4.78, 5) is 2.43. The van der Waals surface area contributed by atoms with Crippen LogP contribution in [-0.4, -0.2) is 0 Å². The second-order valence-corrected chi connectivity index (χ2v) is 13.9. The van der Waals surface area contributed by atoms with Crippen molar-refractivity contribution in [2.45, 2.75) is 0 Å². The standard InChI is InChI=1S/C48H31NOS/c1-3-13-32(14-4-1)35-17-11-18-36(31-35)33-25-27-37(28-26-33)49(43-22-12-21-41-39-19-7-9-23-44(39)50-47(41)43)46-38(34-15-5-2-6-16-34)29-30-42-40-20-8-10-24-45(40)51-48(42)46/h1-31H. The summed E-state index contributed by atoms with van der Waals surface area (Å²) in [5.41, 5.74) is 12.1. The molecule has 0 radical (unpaired) electrons. The molecule has 0 atom stereocenters. The summed E-state index contributed by atoms with van der Waals surface area (Å²) < 4.78 is 9.25. The third kappa shape index (κ3) is 5.01. The van der Waals surface area contributed by atoms with Crippen molar-refractivity contribution in [1.29, 1.82) is 0 Å². The Morgan fingerprint density at radius 1 is 0.412 bits per heavy atom. The van der Waals surface area contributed by atoms with E-state index in [1.165, 1.54) is 53.6 Å². The van der Waals surface area contributed by atoms with Crippen molar-refractivity contribution in [2.24, 2.45) is 0 Å². The molecule has 0 unspecified atom stereocenters. The Bertz CT molecular complexity index is 2850. The first-order valence-corrected chi connectivity index (χ1v) is 18.1. The van der Waals surface area contributed by atoms with Crippen LogP contribution >= 0.6 is 11.3 Å². The molecule has 10 aromatic rings. The van der Waals surface area contributed by atoms with Crippen LogP contribution in [0.4, 0.5) is 17.1 Å². The van der Waals surface area contributed by atoms with Crippen LogP contribution in [0.5, 0.6) is 0 Å². The molecule has 0 spiro atoms. The lowest BCUT2D eigenvalue weighted by atomic mass is 9.97. The monoisotopic (exact) mass is 669 g/mol. The minimum absolute atomic E-state index is 0.871. The van der Waals surface area contributed by atoms with Gasteiger partial charge in [-0.05, 0) is 64.2 Å². The molecule has 0 amide bonds. The minimum atomic E-state index is 0.871. The highest BCUT2D eigenvalue weighted by Gasteiger charge is 2.25. The Morgan fingerprint density at radius 2 is 1.02 bits per heavy atom. The highest BCUT2D eigenvalue weighted by atomic mass is 32.1. The van der Waals surface area contributed by atoms with Crippen molar-refractivity contribution in [2.75, 3.05) is 4.90 Å². The Labute approximate surface area is 300 Å². The second kappa shape index (κ2) is 12.2.